The summed E-state index contributed by atoms with van der Waals surface area (Å²) in [6, 6.07) is 10.8. The van der Waals surface area contributed by atoms with Crippen molar-refractivity contribution in [3.05, 3.63) is 59.9 Å². The van der Waals surface area contributed by atoms with Gasteiger partial charge in [-0.15, -0.1) is 0 Å². The number of nitrogens with zero attached hydrogens (tertiary/aromatic N) is 1. The van der Waals surface area contributed by atoms with Crippen molar-refractivity contribution in [2.75, 3.05) is 5.32 Å². The second-order valence-electron chi connectivity index (χ2n) is 3.90. The SMILES string of the molecule is O=C(Cc1ccncc1)Nc1ccccc1CO. The molecule has 1 heterocycles. The number of carbonyl (C=O) groups excluding carboxylic acids is 1. The molecule has 2 aromatic rings. The number of aliphatic hydroxyl groups is 1. The van der Waals surface area contributed by atoms with E-state index in [1.54, 1.807) is 36.7 Å². The Hall–Kier alpha value is -2.20. The van der Waals surface area contributed by atoms with E-state index in [9.17, 15) is 4.79 Å². The molecule has 1 aromatic carbocycles. The van der Waals surface area contributed by atoms with E-state index in [0.29, 0.717) is 17.7 Å². The maximum absolute atomic E-state index is 11.8. The molecule has 1 aromatic heterocycles. The number of hydrogen-bond acceptors (Lipinski definition) is 3. The van der Waals surface area contributed by atoms with Gasteiger partial charge < -0.3 is 10.4 Å². The van der Waals surface area contributed by atoms with Gasteiger partial charge in [0, 0.05) is 23.6 Å². The summed E-state index contributed by atoms with van der Waals surface area (Å²) in [5.74, 6) is -0.109. The van der Waals surface area contributed by atoms with Gasteiger partial charge in [-0.1, -0.05) is 18.2 Å². The van der Waals surface area contributed by atoms with Crippen LogP contribution in [0.1, 0.15) is 11.1 Å². The molecule has 0 aliphatic heterocycles. The number of benzene rings is 1. The van der Waals surface area contributed by atoms with Crippen molar-refractivity contribution in [3.63, 3.8) is 0 Å². The minimum absolute atomic E-state index is 0.0916. The first-order valence-electron chi connectivity index (χ1n) is 5.67. The summed E-state index contributed by atoms with van der Waals surface area (Å²) in [7, 11) is 0. The highest BCUT2D eigenvalue weighted by molar-refractivity contribution is 5.92. The smallest absolute Gasteiger partial charge is 0.228 e. The zero-order valence-corrected chi connectivity index (χ0v) is 9.84. The van der Waals surface area contributed by atoms with Crippen LogP contribution in [-0.2, 0) is 17.8 Å². The quantitative estimate of drug-likeness (QED) is 0.858. The van der Waals surface area contributed by atoms with E-state index in [1.807, 2.05) is 12.1 Å². The van der Waals surface area contributed by atoms with Crippen molar-refractivity contribution in [3.8, 4) is 0 Å². The topological polar surface area (TPSA) is 62.2 Å². The van der Waals surface area contributed by atoms with Gasteiger partial charge in [0.1, 0.15) is 0 Å². The fourth-order valence-corrected chi connectivity index (χ4v) is 1.66. The molecule has 0 fully saturated rings. The average Bonchev–Trinajstić information content (AvgIpc) is 2.40. The Balaban J connectivity index is 2.03. The first-order valence-corrected chi connectivity index (χ1v) is 5.67. The summed E-state index contributed by atoms with van der Waals surface area (Å²) in [6.07, 6.45) is 3.61. The third-order valence-corrected chi connectivity index (χ3v) is 2.58. The normalized spacial score (nSPS) is 10.1. The number of carbonyl (C=O) groups is 1. The van der Waals surface area contributed by atoms with Gasteiger partial charge in [0.2, 0.25) is 5.91 Å². The van der Waals surface area contributed by atoms with Crippen LogP contribution in [0, 0.1) is 0 Å². The molecule has 0 bridgehead atoms. The number of nitrogens with one attached hydrogen (secondary N) is 1. The highest BCUT2D eigenvalue weighted by Gasteiger charge is 2.06. The summed E-state index contributed by atoms with van der Waals surface area (Å²) in [5, 5.41) is 12.0. The summed E-state index contributed by atoms with van der Waals surface area (Å²) in [4.78, 5) is 15.7. The van der Waals surface area contributed by atoms with Gasteiger partial charge in [0.25, 0.3) is 0 Å². The molecule has 1 amide bonds. The maximum Gasteiger partial charge on any atom is 0.228 e. The van der Waals surface area contributed by atoms with Crippen molar-refractivity contribution in [1.82, 2.24) is 4.98 Å². The first kappa shape index (κ1) is 12.3. The molecule has 0 saturated carbocycles. The molecule has 2 N–H and O–H groups in total. The second kappa shape index (κ2) is 5.93. The molecular formula is C14H14N2O2. The van der Waals surface area contributed by atoms with Gasteiger partial charge in [-0.3, -0.25) is 9.78 Å². The van der Waals surface area contributed by atoms with E-state index in [4.69, 9.17) is 5.11 Å². The van der Waals surface area contributed by atoms with Crippen LogP contribution in [0.25, 0.3) is 0 Å². The van der Waals surface area contributed by atoms with Crippen LogP contribution >= 0.6 is 0 Å². The highest BCUT2D eigenvalue weighted by Crippen LogP contribution is 2.15. The second-order valence-corrected chi connectivity index (χ2v) is 3.90. The van der Waals surface area contributed by atoms with Crippen molar-refractivity contribution in [2.45, 2.75) is 13.0 Å². The molecule has 0 spiro atoms. The largest absolute Gasteiger partial charge is 0.392 e. The Kier molecular flexibility index (Phi) is 4.04. The summed E-state index contributed by atoms with van der Waals surface area (Å²) >= 11 is 0. The fourth-order valence-electron chi connectivity index (χ4n) is 1.66. The van der Waals surface area contributed by atoms with Crippen LogP contribution in [-0.4, -0.2) is 16.0 Å². The molecule has 4 nitrogen and oxygen atoms in total. The molecule has 0 atom stereocenters. The molecule has 0 radical (unpaired) electrons. The summed E-state index contributed by atoms with van der Waals surface area (Å²) in [5.41, 5.74) is 2.27. The van der Waals surface area contributed by atoms with Gasteiger partial charge in [0.15, 0.2) is 0 Å². The molecule has 0 unspecified atom stereocenters. The molecule has 18 heavy (non-hydrogen) atoms. The Bertz CT molecular complexity index is 526. The lowest BCUT2D eigenvalue weighted by Crippen LogP contribution is -2.15. The van der Waals surface area contributed by atoms with E-state index in [-0.39, 0.29) is 12.5 Å². The molecule has 0 aliphatic rings. The Morgan fingerprint density at radius 3 is 2.61 bits per heavy atom. The van der Waals surface area contributed by atoms with Gasteiger partial charge in [-0.2, -0.15) is 0 Å². The van der Waals surface area contributed by atoms with E-state index in [0.717, 1.165) is 5.56 Å². The summed E-state index contributed by atoms with van der Waals surface area (Å²) in [6.45, 7) is -0.0916. The Morgan fingerprint density at radius 2 is 1.89 bits per heavy atom. The van der Waals surface area contributed by atoms with E-state index >= 15 is 0 Å². The maximum atomic E-state index is 11.8. The van der Waals surface area contributed by atoms with Crippen molar-refractivity contribution in [1.29, 1.82) is 0 Å². The number of para-hydroxylation sites is 1. The highest BCUT2D eigenvalue weighted by atomic mass is 16.3. The zero-order chi connectivity index (χ0) is 12.8. The predicted molar refractivity (Wildman–Crippen MR) is 68.9 cm³/mol. The summed E-state index contributed by atoms with van der Waals surface area (Å²) < 4.78 is 0. The molecular weight excluding hydrogens is 228 g/mol. The standard InChI is InChI=1S/C14H14N2O2/c17-10-12-3-1-2-4-13(12)16-14(18)9-11-5-7-15-8-6-11/h1-8,17H,9-10H2,(H,16,18). The number of rotatable bonds is 4. The number of aromatic nitrogens is 1. The van der Waals surface area contributed by atoms with Crippen molar-refractivity contribution in [2.24, 2.45) is 0 Å². The fraction of sp³-hybridized carbons (Fsp3) is 0.143. The van der Waals surface area contributed by atoms with Crippen LogP contribution in [0.15, 0.2) is 48.8 Å². The van der Waals surface area contributed by atoms with Gasteiger partial charge in [0.05, 0.1) is 13.0 Å². The molecule has 2 rings (SSSR count). The lowest BCUT2D eigenvalue weighted by Gasteiger charge is -2.09. The number of hydrogen-bond donors (Lipinski definition) is 2. The number of aliphatic hydroxyl groups excluding tert-OH is 1. The van der Waals surface area contributed by atoms with Gasteiger partial charge in [-0.05, 0) is 23.8 Å². The Labute approximate surface area is 105 Å². The van der Waals surface area contributed by atoms with E-state index in [2.05, 4.69) is 10.3 Å². The zero-order valence-electron chi connectivity index (χ0n) is 9.84. The number of amides is 1. The third kappa shape index (κ3) is 3.15. The number of anilines is 1. The minimum atomic E-state index is -0.109. The average molecular weight is 242 g/mol. The monoisotopic (exact) mass is 242 g/mol. The molecule has 0 aliphatic carbocycles. The van der Waals surface area contributed by atoms with Crippen molar-refractivity contribution < 1.29 is 9.90 Å². The Morgan fingerprint density at radius 1 is 1.17 bits per heavy atom. The van der Waals surface area contributed by atoms with E-state index in [1.165, 1.54) is 0 Å². The van der Waals surface area contributed by atoms with Crippen LogP contribution in [0.2, 0.25) is 0 Å². The third-order valence-electron chi connectivity index (χ3n) is 2.58. The van der Waals surface area contributed by atoms with Crippen LogP contribution < -0.4 is 5.32 Å². The van der Waals surface area contributed by atoms with Crippen LogP contribution in [0.5, 0.6) is 0 Å². The first-order chi connectivity index (χ1) is 8.79. The molecule has 4 heteroatoms. The van der Waals surface area contributed by atoms with Crippen LogP contribution in [0.4, 0.5) is 5.69 Å². The van der Waals surface area contributed by atoms with Gasteiger partial charge in [-0.25, -0.2) is 0 Å². The lowest BCUT2D eigenvalue weighted by molar-refractivity contribution is -0.115. The minimum Gasteiger partial charge on any atom is -0.392 e. The number of pyridine rings is 1. The lowest BCUT2D eigenvalue weighted by atomic mass is 10.1. The van der Waals surface area contributed by atoms with Crippen molar-refractivity contribution >= 4 is 11.6 Å². The van der Waals surface area contributed by atoms with E-state index < -0.39 is 0 Å². The molecule has 92 valence electrons. The van der Waals surface area contributed by atoms with Crippen LogP contribution in [0.3, 0.4) is 0 Å². The predicted octanol–water partition coefficient (Wildman–Crippen LogP) is 1.76. The van der Waals surface area contributed by atoms with Gasteiger partial charge >= 0.3 is 0 Å². The molecule has 0 saturated heterocycles.